The summed E-state index contributed by atoms with van der Waals surface area (Å²) in [5.74, 6) is -4.38. The van der Waals surface area contributed by atoms with Crippen LogP contribution in [-0.2, 0) is 4.74 Å². The van der Waals surface area contributed by atoms with Crippen molar-refractivity contribution >= 4 is 0 Å². The zero-order valence-corrected chi connectivity index (χ0v) is 8.11. The van der Waals surface area contributed by atoms with Gasteiger partial charge < -0.3 is 10.5 Å². The molecule has 1 aliphatic rings. The zero-order valence-electron chi connectivity index (χ0n) is 8.11. The number of rotatable bonds is 2. The number of ether oxygens (including phenoxy) is 1. The third kappa shape index (κ3) is 3.00. The van der Waals surface area contributed by atoms with Crippen molar-refractivity contribution in [2.24, 2.45) is 17.6 Å². The molecule has 8 heteroatoms. The zero-order chi connectivity index (χ0) is 12.6. The van der Waals surface area contributed by atoms with Gasteiger partial charge in [0.2, 0.25) is 0 Å². The molecule has 0 aromatic carbocycles. The van der Waals surface area contributed by atoms with Crippen LogP contribution in [0, 0.1) is 11.8 Å². The van der Waals surface area contributed by atoms with Crippen LogP contribution in [0.3, 0.4) is 0 Å². The van der Waals surface area contributed by atoms with E-state index in [0.717, 1.165) is 0 Å². The van der Waals surface area contributed by atoms with Crippen LogP contribution >= 0.6 is 0 Å². The molecular formula is C8H11F6NO. The van der Waals surface area contributed by atoms with Crippen LogP contribution in [-0.4, -0.2) is 31.6 Å². The van der Waals surface area contributed by atoms with Crippen molar-refractivity contribution < 1.29 is 31.1 Å². The lowest BCUT2D eigenvalue weighted by atomic mass is 9.87. The summed E-state index contributed by atoms with van der Waals surface area (Å²) in [4.78, 5) is 0. The van der Waals surface area contributed by atoms with E-state index in [0.29, 0.717) is 0 Å². The van der Waals surface area contributed by atoms with Crippen LogP contribution in [0.25, 0.3) is 0 Å². The highest BCUT2D eigenvalue weighted by atomic mass is 19.4. The second-order valence-corrected chi connectivity index (χ2v) is 3.76. The highest BCUT2D eigenvalue weighted by molar-refractivity contribution is 4.90. The molecule has 2 atom stereocenters. The van der Waals surface area contributed by atoms with Gasteiger partial charge in [0.1, 0.15) is 0 Å². The minimum absolute atomic E-state index is 0.129. The van der Waals surface area contributed by atoms with Crippen LogP contribution in [0.4, 0.5) is 26.3 Å². The molecule has 0 amide bonds. The summed E-state index contributed by atoms with van der Waals surface area (Å²) in [5, 5.41) is 0. The van der Waals surface area contributed by atoms with Crippen LogP contribution in [0.1, 0.15) is 6.42 Å². The van der Waals surface area contributed by atoms with Gasteiger partial charge in [-0.1, -0.05) is 0 Å². The molecule has 0 aromatic rings. The van der Waals surface area contributed by atoms with Crippen LogP contribution in [0.2, 0.25) is 0 Å². The Balaban J connectivity index is 2.84. The maximum Gasteiger partial charge on any atom is 0.402 e. The van der Waals surface area contributed by atoms with Gasteiger partial charge in [-0.15, -0.1) is 0 Å². The second-order valence-electron chi connectivity index (χ2n) is 3.76. The Morgan fingerprint density at radius 2 is 1.56 bits per heavy atom. The lowest BCUT2D eigenvalue weighted by molar-refractivity contribution is -0.292. The van der Waals surface area contributed by atoms with Gasteiger partial charge in [-0.25, -0.2) is 0 Å². The molecule has 0 spiro atoms. The van der Waals surface area contributed by atoms with E-state index in [1.807, 2.05) is 0 Å². The average molecular weight is 251 g/mol. The van der Waals surface area contributed by atoms with Crippen LogP contribution in [0.15, 0.2) is 0 Å². The molecule has 0 aliphatic carbocycles. The van der Waals surface area contributed by atoms with E-state index in [2.05, 4.69) is 0 Å². The van der Waals surface area contributed by atoms with Gasteiger partial charge in [-0.05, 0) is 6.42 Å². The molecule has 0 aromatic heterocycles. The molecule has 2 unspecified atom stereocenters. The van der Waals surface area contributed by atoms with Crippen molar-refractivity contribution in [3.05, 3.63) is 0 Å². The Kier molecular flexibility index (Phi) is 3.73. The van der Waals surface area contributed by atoms with Crippen molar-refractivity contribution in [2.75, 3.05) is 13.2 Å². The number of hydrogen-bond acceptors (Lipinski definition) is 2. The molecule has 1 fully saturated rings. The Morgan fingerprint density at radius 3 is 1.88 bits per heavy atom. The predicted molar refractivity (Wildman–Crippen MR) is 42.5 cm³/mol. The van der Waals surface area contributed by atoms with Gasteiger partial charge in [-0.2, -0.15) is 26.3 Å². The summed E-state index contributed by atoms with van der Waals surface area (Å²) < 4.78 is 78.4. The summed E-state index contributed by atoms with van der Waals surface area (Å²) in [6.07, 6.45) is -10.6. The molecule has 0 radical (unpaired) electrons. The van der Waals surface area contributed by atoms with Crippen molar-refractivity contribution in [3.8, 4) is 0 Å². The highest BCUT2D eigenvalue weighted by Crippen LogP contribution is 2.43. The number of hydrogen-bond donors (Lipinski definition) is 1. The van der Waals surface area contributed by atoms with E-state index in [4.69, 9.17) is 10.5 Å². The minimum atomic E-state index is -5.37. The van der Waals surface area contributed by atoms with Crippen molar-refractivity contribution in [3.63, 3.8) is 0 Å². The number of halogens is 6. The Bertz CT molecular complexity index is 218. The smallest absolute Gasteiger partial charge is 0.381 e. The van der Waals surface area contributed by atoms with Gasteiger partial charge >= 0.3 is 12.4 Å². The second kappa shape index (κ2) is 4.40. The summed E-state index contributed by atoms with van der Waals surface area (Å²) in [6, 6.07) is -2.00. The standard InChI is InChI=1S/C8H11F6NO/c9-7(10,11)6(8(12,13)14)5(15)4-1-2-16-3-4/h4-6H,1-3,15H2. The van der Waals surface area contributed by atoms with E-state index >= 15 is 0 Å². The average Bonchev–Trinajstić information content (AvgIpc) is 2.48. The van der Waals surface area contributed by atoms with Gasteiger partial charge in [0.15, 0.2) is 5.92 Å². The fourth-order valence-electron chi connectivity index (χ4n) is 1.75. The molecule has 1 rings (SSSR count). The molecule has 96 valence electrons. The van der Waals surface area contributed by atoms with E-state index in [-0.39, 0.29) is 19.6 Å². The lowest BCUT2D eigenvalue weighted by Gasteiger charge is -2.30. The van der Waals surface area contributed by atoms with Crippen molar-refractivity contribution in [1.82, 2.24) is 0 Å². The molecule has 1 saturated heterocycles. The Labute approximate surface area is 87.7 Å². The summed E-state index contributed by atoms with van der Waals surface area (Å²) in [7, 11) is 0. The Hall–Kier alpha value is -0.500. The molecule has 1 heterocycles. The normalized spacial score (nSPS) is 25.1. The SMILES string of the molecule is NC(C1CCOC1)C(C(F)(F)F)C(F)(F)F. The van der Waals surface area contributed by atoms with Gasteiger partial charge in [-0.3, -0.25) is 0 Å². The maximum absolute atomic E-state index is 12.3. The van der Waals surface area contributed by atoms with E-state index in [9.17, 15) is 26.3 Å². The highest BCUT2D eigenvalue weighted by Gasteiger charge is 2.60. The van der Waals surface area contributed by atoms with Crippen LogP contribution < -0.4 is 5.73 Å². The number of alkyl halides is 6. The largest absolute Gasteiger partial charge is 0.402 e. The molecule has 16 heavy (non-hydrogen) atoms. The van der Waals surface area contributed by atoms with Gasteiger partial charge in [0.05, 0.1) is 6.61 Å². The van der Waals surface area contributed by atoms with E-state index in [1.165, 1.54) is 0 Å². The first-order chi connectivity index (χ1) is 7.14. The molecule has 0 saturated carbocycles. The first-order valence-electron chi connectivity index (χ1n) is 4.61. The topological polar surface area (TPSA) is 35.2 Å². The quantitative estimate of drug-likeness (QED) is 0.763. The summed E-state index contributed by atoms with van der Waals surface area (Å²) in [5.41, 5.74) is 5.08. The predicted octanol–water partition coefficient (Wildman–Crippen LogP) is 2.09. The summed E-state index contributed by atoms with van der Waals surface area (Å²) >= 11 is 0. The lowest BCUT2D eigenvalue weighted by Crippen LogP contribution is -2.52. The molecule has 2 N–H and O–H groups in total. The Morgan fingerprint density at radius 1 is 1.06 bits per heavy atom. The molecule has 2 nitrogen and oxygen atoms in total. The fraction of sp³-hybridized carbons (Fsp3) is 1.00. The molecule has 1 aliphatic heterocycles. The van der Waals surface area contributed by atoms with Gasteiger partial charge in [0.25, 0.3) is 0 Å². The molecular weight excluding hydrogens is 240 g/mol. The number of nitrogens with two attached hydrogens (primary N) is 1. The first-order valence-corrected chi connectivity index (χ1v) is 4.61. The van der Waals surface area contributed by atoms with Gasteiger partial charge in [0, 0.05) is 18.6 Å². The maximum atomic E-state index is 12.3. The third-order valence-corrected chi connectivity index (χ3v) is 2.60. The van der Waals surface area contributed by atoms with E-state index in [1.54, 1.807) is 0 Å². The minimum Gasteiger partial charge on any atom is -0.381 e. The van der Waals surface area contributed by atoms with Crippen molar-refractivity contribution in [1.29, 1.82) is 0 Å². The molecule has 0 bridgehead atoms. The first kappa shape index (κ1) is 13.6. The van der Waals surface area contributed by atoms with Crippen molar-refractivity contribution in [2.45, 2.75) is 24.8 Å². The van der Waals surface area contributed by atoms with Crippen LogP contribution in [0.5, 0.6) is 0 Å². The monoisotopic (exact) mass is 251 g/mol. The van der Waals surface area contributed by atoms with E-state index < -0.39 is 30.2 Å². The summed E-state index contributed by atoms with van der Waals surface area (Å²) in [6.45, 7) is 0.00459. The fourth-order valence-corrected chi connectivity index (χ4v) is 1.75. The third-order valence-electron chi connectivity index (χ3n) is 2.60.